The summed E-state index contributed by atoms with van der Waals surface area (Å²) in [6.07, 6.45) is 10.8. The zero-order chi connectivity index (χ0) is 23.0. The van der Waals surface area contributed by atoms with E-state index in [1.807, 2.05) is 36.4 Å². The largest absolute Gasteiger partial charge is 0.482 e. The lowest BCUT2D eigenvalue weighted by Gasteiger charge is -2.57. The molecule has 172 valence electrons. The van der Waals surface area contributed by atoms with E-state index in [-0.39, 0.29) is 18.0 Å². The monoisotopic (exact) mass is 446 g/mol. The molecule has 33 heavy (non-hydrogen) atoms. The van der Waals surface area contributed by atoms with Crippen LogP contribution < -0.4 is 4.74 Å². The first-order valence-corrected chi connectivity index (χ1v) is 11.8. The molecule has 0 unspecified atom stereocenters. The minimum absolute atomic E-state index is 0.0990. The molecule has 0 amide bonds. The van der Waals surface area contributed by atoms with E-state index in [1.165, 1.54) is 57.3 Å². The highest BCUT2D eigenvalue weighted by molar-refractivity contribution is 5.87. The molecule has 0 saturated heterocycles. The fourth-order valence-corrected chi connectivity index (χ4v) is 6.85. The van der Waals surface area contributed by atoms with E-state index in [2.05, 4.69) is 10.8 Å². The molecule has 2 aromatic rings. The minimum Gasteiger partial charge on any atom is -0.482 e. The third-order valence-electron chi connectivity index (χ3n) is 7.80. The highest BCUT2D eigenvalue weighted by Crippen LogP contribution is 2.62. The number of carbonyl (C=O) groups is 2. The Morgan fingerprint density at radius 3 is 2.15 bits per heavy atom. The van der Waals surface area contributed by atoms with Crippen molar-refractivity contribution in [3.8, 4) is 16.9 Å². The average molecular weight is 447 g/mol. The standard InChI is InChI=1S/C28H30O5/c1-32-27(31)9-4-18-2-5-22(6-3-18)23-7-8-25(33-17-26(29)30)24(13-23)28-14-19-10-20(15-28)12-21(11-19)16-28/h2-9,13,19-21H,10-12,14-17H2,1H3,(H,29,30). The second kappa shape index (κ2) is 8.69. The summed E-state index contributed by atoms with van der Waals surface area (Å²) in [6.45, 7) is -0.320. The Labute approximate surface area is 194 Å². The fraction of sp³-hybridized carbons (Fsp3) is 0.429. The van der Waals surface area contributed by atoms with E-state index in [0.717, 1.165) is 40.2 Å². The predicted molar refractivity (Wildman–Crippen MR) is 126 cm³/mol. The third-order valence-corrected chi connectivity index (χ3v) is 7.80. The molecule has 4 saturated carbocycles. The highest BCUT2D eigenvalue weighted by Gasteiger charge is 2.52. The van der Waals surface area contributed by atoms with E-state index in [0.29, 0.717) is 0 Å². The Morgan fingerprint density at radius 1 is 0.970 bits per heavy atom. The maximum atomic E-state index is 11.3. The van der Waals surface area contributed by atoms with Crippen LogP contribution in [0.2, 0.25) is 0 Å². The lowest BCUT2D eigenvalue weighted by Crippen LogP contribution is -2.48. The smallest absolute Gasteiger partial charge is 0.341 e. The summed E-state index contributed by atoms with van der Waals surface area (Å²) >= 11 is 0. The van der Waals surface area contributed by atoms with E-state index in [4.69, 9.17) is 4.74 Å². The van der Waals surface area contributed by atoms with Crippen molar-refractivity contribution in [3.63, 3.8) is 0 Å². The van der Waals surface area contributed by atoms with E-state index in [9.17, 15) is 14.7 Å². The van der Waals surface area contributed by atoms with Crippen LogP contribution in [0.1, 0.15) is 49.7 Å². The molecule has 0 radical (unpaired) electrons. The lowest BCUT2D eigenvalue weighted by molar-refractivity contribution is -0.139. The van der Waals surface area contributed by atoms with Crippen molar-refractivity contribution in [1.82, 2.24) is 0 Å². The first-order valence-electron chi connectivity index (χ1n) is 11.8. The summed E-state index contributed by atoms with van der Waals surface area (Å²) < 4.78 is 10.5. The number of rotatable bonds is 7. The maximum absolute atomic E-state index is 11.3. The van der Waals surface area contributed by atoms with Crippen molar-refractivity contribution in [2.24, 2.45) is 17.8 Å². The number of esters is 1. The molecule has 5 heteroatoms. The summed E-state index contributed by atoms with van der Waals surface area (Å²) in [5, 5.41) is 9.19. The zero-order valence-corrected chi connectivity index (χ0v) is 19.0. The van der Waals surface area contributed by atoms with E-state index < -0.39 is 5.97 Å². The predicted octanol–water partition coefficient (Wildman–Crippen LogP) is 5.47. The van der Waals surface area contributed by atoms with Crippen LogP contribution in [-0.2, 0) is 19.7 Å². The molecule has 0 atom stereocenters. The maximum Gasteiger partial charge on any atom is 0.341 e. The van der Waals surface area contributed by atoms with Gasteiger partial charge in [-0.05, 0) is 96.6 Å². The van der Waals surface area contributed by atoms with Gasteiger partial charge in [-0.2, -0.15) is 0 Å². The van der Waals surface area contributed by atoms with Crippen LogP contribution in [0.25, 0.3) is 17.2 Å². The van der Waals surface area contributed by atoms with Gasteiger partial charge < -0.3 is 14.6 Å². The summed E-state index contributed by atoms with van der Waals surface area (Å²) in [5.41, 5.74) is 4.40. The molecule has 0 aromatic heterocycles. The molecule has 0 heterocycles. The molecular formula is C28H30O5. The van der Waals surface area contributed by atoms with Crippen molar-refractivity contribution in [2.75, 3.05) is 13.7 Å². The number of methoxy groups -OCH3 is 1. The van der Waals surface area contributed by atoms with Gasteiger partial charge in [-0.1, -0.05) is 30.3 Å². The van der Waals surface area contributed by atoms with Gasteiger partial charge in [-0.15, -0.1) is 0 Å². The van der Waals surface area contributed by atoms with Crippen LogP contribution in [0.3, 0.4) is 0 Å². The van der Waals surface area contributed by atoms with E-state index >= 15 is 0 Å². The molecule has 5 nitrogen and oxygen atoms in total. The number of aliphatic carboxylic acids is 1. The summed E-state index contributed by atoms with van der Waals surface area (Å²) in [5.74, 6) is 1.75. The van der Waals surface area contributed by atoms with Gasteiger partial charge in [-0.25, -0.2) is 9.59 Å². The molecule has 2 aromatic carbocycles. The fourth-order valence-electron chi connectivity index (χ4n) is 6.85. The van der Waals surface area contributed by atoms with Gasteiger partial charge in [0.15, 0.2) is 6.61 Å². The molecular weight excluding hydrogens is 416 g/mol. The number of carbonyl (C=O) groups excluding carboxylic acids is 1. The molecule has 6 rings (SSSR count). The van der Waals surface area contributed by atoms with Crippen LogP contribution in [0, 0.1) is 17.8 Å². The summed E-state index contributed by atoms with van der Waals surface area (Å²) in [6, 6.07) is 14.3. The number of benzene rings is 2. The van der Waals surface area contributed by atoms with Gasteiger partial charge in [0.2, 0.25) is 0 Å². The van der Waals surface area contributed by atoms with Crippen molar-refractivity contribution in [1.29, 1.82) is 0 Å². The van der Waals surface area contributed by atoms with Gasteiger partial charge >= 0.3 is 11.9 Å². The Morgan fingerprint density at radius 2 is 1.58 bits per heavy atom. The summed E-state index contributed by atoms with van der Waals surface area (Å²) in [4.78, 5) is 22.6. The van der Waals surface area contributed by atoms with Crippen LogP contribution in [-0.4, -0.2) is 30.8 Å². The Balaban J connectivity index is 1.48. The quantitative estimate of drug-likeness (QED) is 0.451. The second-order valence-corrected chi connectivity index (χ2v) is 10.1. The normalized spacial score (nSPS) is 27.6. The molecule has 4 fully saturated rings. The minimum atomic E-state index is -0.953. The van der Waals surface area contributed by atoms with Crippen LogP contribution in [0.5, 0.6) is 5.75 Å². The SMILES string of the molecule is COC(=O)C=Cc1ccc(-c2ccc(OCC(=O)O)c(C34CC5CC(CC(C5)C3)C4)c2)cc1. The van der Waals surface area contributed by atoms with Crippen LogP contribution >= 0.6 is 0 Å². The van der Waals surface area contributed by atoms with Crippen molar-refractivity contribution < 1.29 is 24.2 Å². The van der Waals surface area contributed by atoms with Crippen molar-refractivity contribution in [2.45, 2.75) is 43.9 Å². The second-order valence-electron chi connectivity index (χ2n) is 10.1. The molecule has 0 aliphatic heterocycles. The van der Waals surface area contributed by atoms with Crippen molar-refractivity contribution in [3.05, 3.63) is 59.7 Å². The van der Waals surface area contributed by atoms with Gasteiger partial charge in [-0.3, -0.25) is 0 Å². The van der Waals surface area contributed by atoms with Gasteiger partial charge in [0.25, 0.3) is 0 Å². The van der Waals surface area contributed by atoms with Gasteiger partial charge in [0, 0.05) is 11.6 Å². The highest BCUT2D eigenvalue weighted by atomic mass is 16.5. The third kappa shape index (κ3) is 4.41. The Bertz CT molecular complexity index is 1050. The molecule has 4 bridgehead atoms. The number of hydrogen-bond donors (Lipinski definition) is 1. The molecule has 0 spiro atoms. The topological polar surface area (TPSA) is 72.8 Å². The average Bonchev–Trinajstić information content (AvgIpc) is 2.80. The molecule has 4 aliphatic rings. The van der Waals surface area contributed by atoms with Crippen LogP contribution in [0.15, 0.2) is 48.5 Å². The number of ether oxygens (including phenoxy) is 2. The zero-order valence-electron chi connectivity index (χ0n) is 19.0. The first kappa shape index (κ1) is 21.7. The Kier molecular flexibility index (Phi) is 5.73. The summed E-state index contributed by atoms with van der Waals surface area (Å²) in [7, 11) is 1.36. The number of hydrogen-bond acceptors (Lipinski definition) is 4. The van der Waals surface area contributed by atoms with Gasteiger partial charge in [0.1, 0.15) is 5.75 Å². The number of carboxylic acids is 1. The number of carboxylic acid groups (broad SMARTS) is 1. The molecule has 4 aliphatic carbocycles. The van der Waals surface area contributed by atoms with Crippen molar-refractivity contribution >= 4 is 18.0 Å². The Hall–Kier alpha value is -3.08. The van der Waals surface area contributed by atoms with E-state index in [1.54, 1.807) is 6.08 Å². The van der Waals surface area contributed by atoms with Gasteiger partial charge in [0.05, 0.1) is 7.11 Å². The first-order chi connectivity index (χ1) is 15.9. The van der Waals surface area contributed by atoms with Crippen LogP contribution in [0.4, 0.5) is 0 Å². The lowest BCUT2D eigenvalue weighted by atomic mass is 9.48. The molecule has 1 N–H and O–H groups in total.